The van der Waals surface area contributed by atoms with Crippen LogP contribution in [-0.4, -0.2) is 36.4 Å². The zero-order chi connectivity index (χ0) is 11.4. The number of pyridine rings is 1. The Kier molecular flexibility index (Phi) is 3.62. The van der Waals surface area contributed by atoms with E-state index >= 15 is 0 Å². The molecular weight excluding hydrogens is 204 g/mol. The Hall–Kier alpha value is -1.29. The Bertz CT molecular complexity index is 344. The molecule has 88 valence electrons. The van der Waals surface area contributed by atoms with Gasteiger partial charge in [-0.2, -0.15) is 0 Å². The standard InChI is InChI=1S/C12H18N2O2/c1-16-11-6-4-7-13-12(11)14-8-3-2-5-10(14)9-15/h4,6-7,10,15H,2-3,5,8-9H2,1H3. The third-order valence-corrected chi connectivity index (χ3v) is 3.08. The summed E-state index contributed by atoms with van der Waals surface area (Å²) in [5.41, 5.74) is 0. The molecule has 16 heavy (non-hydrogen) atoms. The highest BCUT2D eigenvalue weighted by atomic mass is 16.5. The minimum absolute atomic E-state index is 0.178. The van der Waals surface area contributed by atoms with Crippen molar-refractivity contribution in [1.82, 2.24) is 4.98 Å². The zero-order valence-corrected chi connectivity index (χ0v) is 9.59. The van der Waals surface area contributed by atoms with Crippen molar-refractivity contribution in [3.8, 4) is 5.75 Å². The first-order valence-electron chi connectivity index (χ1n) is 5.73. The van der Waals surface area contributed by atoms with E-state index in [9.17, 15) is 5.11 Å². The quantitative estimate of drug-likeness (QED) is 0.840. The number of aromatic nitrogens is 1. The van der Waals surface area contributed by atoms with Gasteiger partial charge in [-0.3, -0.25) is 0 Å². The molecule has 4 nitrogen and oxygen atoms in total. The lowest BCUT2D eigenvalue weighted by molar-refractivity contribution is 0.238. The largest absolute Gasteiger partial charge is 0.493 e. The van der Waals surface area contributed by atoms with Gasteiger partial charge >= 0.3 is 0 Å². The van der Waals surface area contributed by atoms with Gasteiger partial charge < -0.3 is 14.7 Å². The summed E-state index contributed by atoms with van der Waals surface area (Å²) in [6.07, 6.45) is 5.12. The number of hydrogen-bond donors (Lipinski definition) is 1. The van der Waals surface area contributed by atoms with Crippen LogP contribution in [0.3, 0.4) is 0 Å². The van der Waals surface area contributed by atoms with Crippen LogP contribution in [0.15, 0.2) is 18.3 Å². The molecule has 0 bridgehead atoms. The predicted molar refractivity (Wildman–Crippen MR) is 62.9 cm³/mol. The summed E-state index contributed by atoms with van der Waals surface area (Å²) in [5.74, 6) is 1.63. The van der Waals surface area contributed by atoms with E-state index < -0.39 is 0 Å². The zero-order valence-electron chi connectivity index (χ0n) is 9.59. The first-order chi connectivity index (χ1) is 7.86. The molecule has 4 heteroatoms. The van der Waals surface area contributed by atoms with Gasteiger partial charge in [0.25, 0.3) is 0 Å². The first-order valence-corrected chi connectivity index (χ1v) is 5.73. The number of hydrogen-bond acceptors (Lipinski definition) is 4. The Morgan fingerprint density at radius 1 is 1.56 bits per heavy atom. The molecule has 0 amide bonds. The van der Waals surface area contributed by atoms with E-state index in [0.717, 1.165) is 31.0 Å². The molecule has 2 rings (SSSR count). The maximum atomic E-state index is 9.38. The molecule has 1 N–H and O–H groups in total. The lowest BCUT2D eigenvalue weighted by Gasteiger charge is -2.36. The van der Waals surface area contributed by atoms with Crippen molar-refractivity contribution < 1.29 is 9.84 Å². The third kappa shape index (κ3) is 2.11. The summed E-state index contributed by atoms with van der Waals surface area (Å²) in [5, 5.41) is 9.38. The molecule has 0 aliphatic carbocycles. The van der Waals surface area contributed by atoms with Crippen LogP contribution in [0.5, 0.6) is 5.75 Å². The van der Waals surface area contributed by atoms with Gasteiger partial charge in [0.2, 0.25) is 0 Å². The summed E-state index contributed by atoms with van der Waals surface area (Å²) >= 11 is 0. The van der Waals surface area contributed by atoms with E-state index in [1.807, 2.05) is 12.1 Å². The monoisotopic (exact) mass is 222 g/mol. The van der Waals surface area contributed by atoms with Crippen molar-refractivity contribution in [2.45, 2.75) is 25.3 Å². The topological polar surface area (TPSA) is 45.6 Å². The van der Waals surface area contributed by atoms with E-state index in [1.54, 1.807) is 13.3 Å². The Labute approximate surface area is 95.9 Å². The minimum atomic E-state index is 0.178. The number of rotatable bonds is 3. The lowest BCUT2D eigenvalue weighted by atomic mass is 10.0. The van der Waals surface area contributed by atoms with Gasteiger partial charge in [0.1, 0.15) is 0 Å². The third-order valence-electron chi connectivity index (χ3n) is 3.08. The molecule has 1 fully saturated rings. The maximum Gasteiger partial charge on any atom is 0.171 e. The minimum Gasteiger partial charge on any atom is -0.493 e. The molecule has 2 heterocycles. The van der Waals surface area contributed by atoms with Gasteiger partial charge in [-0.1, -0.05) is 0 Å². The fourth-order valence-corrected chi connectivity index (χ4v) is 2.23. The number of piperidine rings is 1. The second-order valence-corrected chi connectivity index (χ2v) is 4.05. The molecule has 1 aromatic heterocycles. The van der Waals surface area contributed by atoms with Gasteiger partial charge in [-0.05, 0) is 31.4 Å². The van der Waals surface area contributed by atoms with Crippen molar-refractivity contribution in [2.24, 2.45) is 0 Å². The lowest BCUT2D eigenvalue weighted by Crippen LogP contribution is -2.42. The van der Waals surface area contributed by atoms with Crippen LogP contribution in [0, 0.1) is 0 Å². The van der Waals surface area contributed by atoms with Crippen LogP contribution in [-0.2, 0) is 0 Å². The second kappa shape index (κ2) is 5.16. The van der Waals surface area contributed by atoms with Crippen LogP contribution in [0.4, 0.5) is 5.82 Å². The summed E-state index contributed by atoms with van der Waals surface area (Å²) < 4.78 is 5.31. The smallest absolute Gasteiger partial charge is 0.171 e. The van der Waals surface area contributed by atoms with Crippen LogP contribution < -0.4 is 9.64 Å². The highest BCUT2D eigenvalue weighted by molar-refractivity contribution is 5.53. The number of ether oxygens (including phenoxy) is 1. The van der Waals surface area contributed by atoms with E-state index in [4.69, 9.17) is 4.74 Å². The van der Waals surface area contributed by atoms with Crippen molar-refractivity contribution in [1.29, 1.82) is 0 Å². The van der Waals surface area contributed by atoms with Gasteiger partial charge in [0.05, 0.1) is 19.8 Å². The van der Waals surface area contributed by atoms with Crippen molar-refractivity contribution in [3.63, 3.8) is 0 Å². The molecule has 0 spiro atoms. The number of aliphatic hydroxyl groups is 1. The van der Waals surface area contributed by atoms with Crippen LogP contribution in [0.1, 0.15) is 19.3 Å². The first kappa shape index (κ1) is 11.2. The number of nitrogens with zero attached hydrogens (tertiary/aromatic N) is 2. The van der Waals surface area contributed by atoms with Crippen molar-refractivity contribution in [3.05, 3.63) is 18.3 Å². The van der Waals surface area contributed by atoms with E-state index in [-0.39, 0.29) is 12.6 Å². The number of methoxy groups -OCH3 is 1. The predicted octanol–water partition coefficient (Wildman–Crippen LogP) is 1.44. The molecule has 1 aliphatic rings. The Morgan fingerprint density at radius 3 is 3.19 bits per heavy atom. The maximum absolute atomic E-state index is 9.38. The Balaban J connectivity index is 2.26. The van der Waals surface area contributed by atoms with E-state index in [0.29, 0.717) is 0 Å². The summed E-state index contributed by atoms with van der Waals surface area (Å²) in [6, 6.07) is 3.95. The molecule has 1 saturated heterocycles. The fourth-order valence-electron chi connectivity index (χ4n) is 2.23. The summed E-state index contributed by atoms with van der Waals surface area (Å²) in [7, 11) is 1.65. The van der Waals surface area contributed by atoms with Gasteiger partial charge in [0, 0.05) is 12.7 Å². The van der Waals surface area contributed by atoms with Gasteiger partial charge in [-0.15, -0.1) is 0 Å². The molecule has 1 unspecified atom stereocenters. The van der Waals surface area contributed by atoms with Gasteiger partial charge in [0.15, 0.2) is 11.6 Å². The molecule has 1 aliphatic heterocycles. The summed E-state index contributed by atoms with van der Waals surface area (Å²) in [4.78, 5) is 6.52. The van der Waals surface area contributed by atoms with Crippen LogP contribution >= 0.6 is 0 Å². The molecular formula is C12H18N2O2. The molecule has 1 atom stereocenters. The number of anilines is 1. The van der Waals surface area contributed by atoms with E-state index in [2.05, 4.69) is 9.88 Å². The SMILES string of the molecule is COc1cccnc1N1CCCCC1CO. The normalized spacial score (nSPS) is 20.9. The molecule has 0 aromatic carbocycles. The molecule has 0 saturated carbocycles. The van der Waals surface area contributed by atoms with Gasteiger partial charge in [-0.25, -0.2) is 4.98 Å². The molecule has 0 radical (unpaired) electrons. The van der Waals surface area contributed by atoms with Crippen LogP contribution in [0.2, 0.25) is 0 Å². The fraction of sp³-hybridized carbons (Fsp3) is 0.583. The van der Waals surface area contributed by atoms with Crippen molar-refractivity contribution >= 4 is 5.82 Å². The van der Waals surface area contributed by atoms with E-state index in [1.165, 1.54) is 6.42 Å². The summed E-state index contributed by atoms with van der Waals surface area (Å²) in [6.45, 7) is 1.12. The van der Waals surface area contributed by atoms with Crippen molar-refractivity contribution in [2.75, 3.05) is 25.2 Å². The second-order valence-electron chi connectivity index (χ2n) is 4.05. The molecule has 1 aromatic rings. The highest BCUT2D eigenvalue weighted by Gasteiger charge is 2.24. The van der Waals surface area contributed by atoms with Crippen LogP contribution in [0.25, 0.3) is 0 Å². The number of aliphatic hydroxyl groups excluding tert-OH is 1. The Morgan fingerprint density at radius 2 is 2.44 bits per heavy atom. The highest BCUT2D eigenvalue weighted by Crippen LogP contribution is 2.30. The average Bonchev–Trinajstić information content (AvgIpc) is 2.38. The average molecular weight is 222 g/mol.